The molecule has 0 nitrogen and oxygen atoms in total. The second-order valence-electron chi connectivity index (χ2n) is 5.18. The van der Waals surface area contributed by atoms with Crippen LogP contribution in [0.1, 0.15) is 25.0 Å². The fraction of sp³-hybridized carbons (Fsp3) is 0.200. The molecule has 0 amide bonds. The van der Waals surface area contributed by atoms with Crippen molar-refractivity contribution in [3.8, 4) is 11.1 Å². The summed E-state index contributed by atoms with van der Waals surface area (Å²) in [4.78, 5) is 0. The van der Waals surface area contributed by atoms with Crippen LogP contribution in [-0.4, -0.2) is 0 Å². The Kier molecular flexibility index (Phi) is 3.56. The van der Waals surface area contributed by atoms with E-state index in [4.69, 9.17) is 0 Å². The van der Waals surface area contributed by atoms with Gasteiger partial charge in [0.2, 0.25) is 0 Å². The summed E-state index contributed by atoms with van der Waals surface area (Å²) in [5.41, 5.74) is 5.72. The lowest BCUT2D eigenvalue weighted by Gasteiger charge is -2.16. The number of aryl methyl sites for hydroxylation is 1. The summed E-state index contributed by atoms with van der Waals surface area (Å²) in [6.07, 6.45) is 2.17. The Balaban J connectivity index is 2.37. The van der Waals surface area contributed by atoms with Crippen LogP contribution in [0.4, 0.5) is 0 Å². The number of rotatable bonds is 3. The highest BCUT2D eigenvalue weighted by Gasteiger charge is 2.11. The highest BCUT2D eigenvalue weighted by molar-refractivity contribution is 5.92. The van der Waals surface area contributed by atoms with Gasteiger partial charge >= 0.3 is 0 Å². The van der Waals surface area contributed by atoms with E-state index in [1.54, 1.807) is 0 Å². The summed E-state index contributed by atoms with van der Waals surface area (Å²) in [6.45, 7) is 4.52. The fourth-order valence-corrected chi connectivity index (χ4v) is 3.15. The van der Waals surface area contributed by atoms with E-state index in [1.807, 2.05) is 0 Å². The zero-order valence-electron chi connectivity index (χ0n) is 12.2. The van der Waals surface area contributed by atoms with E-state index in [0.717, 1.165) is 12.8 Å². The number of hydrogen-bond donors (Lipinski definition) is 0. The van der Waals surface area contributed by atoms with E-state index < -0.39 is 0 Å². The number of hydrogen-bond acceptors (Lipinski definition) is 0. The Morgan fingerprint density at radius 1 is 0.700 bits per heavy atom. The van der Waals surface area contributed by atoms with Crippen molar-refractivity contribution in [3.05, 3.63) is 71.8 Å². The molecule has 0 aliphatic carbocycles. The van der Waals surface area contributed by atoms with Crippen LogP contribution in [0, 0.1) is 0 Å². The molecule has 20 heavy (non-hydrogen) atoms. The van der Waals surface area contributed by atoms with Gasteiger partial charge in [-0.05, 0) is 51.9 Å². The summed E-state index contributed by atoms with van der Waals surface area (Å²) in [5, 5.41) is 2.76. The molecule has 0 aromatic heterocycles. The lowest BCUT2D eigenvalue weighted by Crippen LogP contribution is -1.97. The van der Waals surface area contributed by atoms with E-state index >= 15 is 0 Å². The normalized spacial score (nSPS) is 10.9. The van der Waals surface area contributed by atoms with Crippen molar-refractivity contribution in [2.45, 2.75) is 26.7 Å². The minimum atomic E-state index is 1.08. The van der Waals surface area contributed by atoms with Crippen molar-refractivity contribution >= 4 is 10.8 Å². The van der Waals surface area contributed by atoms with Crippen molar-refractivity contribution in [2.24, 2.45) is 0 Å². The molecule has 0 saturated carbocycles. The molecule has 0 fully saturated rings. The Hall–Kier alpha value is -2.08. The van der Waals surface area contributed by atoms with Crippen LogP contribution in [0.2, 0.25) is 0 Å². The monoisotopic (exact) mass is 260 g/mol. The molecule has 100 valence electrons. The molecule has 0 heteroatoms. The molecule has 0 saturated heterocycles. The van der Waals surface area contributed by atoms with Crippen LogP contribution in [0.15, 0.2) is 60.7 Å². The van der Waals surface area contributed by atoms with Crippen LogP contribution < -0.4 is 0 Å². The third kappa shape index (κ3) is 2.12. The number of fused-ring (bicyclic) bond motifs is 1. The van der Waals surface area contributed by atoms with Gasteiger partial charge in [-0.2, -0.15) is 0 Å². The molecular formula is C20H20. The molecule has 0 radical (unpaired) electrons. The molecule has 0 atom stereocenters. The van der Waals surface area contributed by atoms with Crippen molar-refractivity contribution in [2.75, 3.05) is 0 Å². The zero-order chi connectivity index (χ0) is 13.9. The lowest BCUT2D eigenvalue weighted by molar-refractivity contribution is 1.05. The highest BCUT2D eigenvalue weighted by Crippen LogP contribution is 2.33. The summed E-state index contributed by atoms with van der Waals surface area (Å²) >= 11 is 0. The summed E-state index contributed by atoms with van der Waals surface area (Å²) in [7, 11) is 0. The average molecular weight is 260 g/mol. The van der Waals surface area contributed by atoms with E-state index in [-0.39, 0.29) is 0 Å². The molecule has 0 unspecified atom stereocenters. The van der Waals surface area contributed by atoms with Gasteiger partial charge in [0.25, 0.3) is 0 Å². The Morgan fingerprint density at radius 2 is 1.35 bits per heavy atom. The van der Waals surface area contributed by atoms with Crippen LogP contribution >= 0.6 is 0 Å². The first kappa shape index (κ1) is 12.9. The molecule has 0 aliphatic heterocycles. The smallest absolute Gasteiger partial charge is 0.0143 e. The molecule has 3 aromatic carbocycles. The first-order chi connectivity index (χ1) is 9.85. The standard InChI is InChI=1S/C20H20/c1-3-17-18(4-2)20(15-10-6-5-7-11-15)14-16-12-8-9-13-19(16)17/h5-14H,3-4H2,1-2H3. The maximum atomic E-state index is 2.35. The molecule has 3 rings (SSSR count). The second kappa shape index (κ2) is 5.50. The van der Waals surface area contributed by atoms with Gasteiger partial charge in [0.15, 0.2) is 0 Å². The molecule has 0 heterocycles. The SMILES string of the molecule is CCc1c(-c2ccccc2)cc2ccccc2c1CC. The van der Waals surface area contributed by atoms with Gasteiger partial charge in [0, 0.05) is 0 Å². The van der Waals surface area contributed by atoms with Gasteiger partial charge in [-0.3, -0.25) is 0 Å². The third-order valence-electron chi connectivity index (χ3n) is 4.07. The highest BCUT2D eigenvalue weighted by atomic mass is 14.2. The first-order valence-electron chi connectivity index (χ1n) is 7.44. The van der Waals surface area contributed by atoms with Gasteiger partial charge in [0.1, 0.15) is 0 Å². The predicted octanol–water partition coefficient (Wildman–Crippen LogP) is 5.63. The van der Waals surface area contributed by atoms with Gasteiger partial charge < -0.3 is 0 Å². The largest absolute Gasteiger partial charge is 0.0622 e. The van der Waals surface area contributed by atoms with Crippen LogP contribution in [0.5, 0.6) is 0 Å². The zero-order valence-corrected chi connectivity index (χ0v) is 12.2. The van der Waals surface area contributed by atoms with Crippen LogP contribution in [-0.2, 0) is 12.8 Å². The van der Waals surface area contributed by atoms with Crippen molar-refractivity contribution in [1.82, 2.24) is 0 Å². The quantitative estimate of drug-likeness (QED) is 0.572. The maximum Gasteiger partial charge on any atom is -0.0143 e. The van der Waals surface area contributed by atoms with E-state index in [0.29, 0.717) is 0 Å². The Morgan fingerprint density at radius 3 is 2.05 bits per heavy atom. The Bertz CT molecular complexity index is 724. The lowest BCUT2D eigenvalue weighted by atomic mass is 9.88. The first-order valence-corrected chi connectivity index (χ1v) is 7.44. The molecule has 0 N–H and O–H groups in total. The van der Waals surface area contributed by atoms with Crippen molar-refractivity contribution in [3.63, 3.8) is 0 Å². The fourth-order valence-electron chi connectivity index (χ4n) is 3.15. The van der Waals surface area contributed by atoms with Crippen LogP contribution in [0.25, 0.3) is 21.9 Å². The molecular weight excluding hydrogens is 240 g/mol. The van der Waals surface area contributed by atoms with E-state index in [1.165, 1.54) is 33.0 Å². The minimum absolute atomic E-state index is 1.08. The van der Waals surface area contributed by atoms with Crippen LogP contribution in [0.3, 0.4) is 0 Å². The Labute approximate surface area is 121 Å². The second-order valence-corrected chi connectivity index (χ2v) is 5.18. The van der Waals surface area contributed by atoms with Crippen molar-refractivity contribution in [1.29, 1.82) is 0 Å². The molecule has 0 bridgehead atoms. The van der Waals surface area contributed by atoms with Gasteiger partial charge in [-0.15, -0.1) is 0 Å². The van der Waals surface area contributed by atoms with Gasteiger partial charge in [-0.25, -0.2) is 0 Å². The summed E-state index contributed by atoms with van der Waals surface area (Å²) in [5.74, 6) is 0. The number of benzene rings is 3. The minimum Gasteiger partial charge on any atom is -0.0622 e. The summed E-state index contributed by atoms with van der Waals surface area (Å²) < 4.78 is 0. The van der Waals surface area contributed by atoms with Gasteiger partial charge in [0.05, 0.1) is 0 Å². The van der Waals surface area contributed by atoms with E-state index in [9.17, 15) is 0 Å². The van der Waals surface area contributed by atoms with Gasteiger partial charge in [-0.1, -0.05) is 68.4 Å². The predicted molar refractivity (Wildman–Crippen MR) is 88.1 cm³/mol. The maximum absolute atomic E-state index is 2.35. The van der Waals surface area contributed by atoms with Crippen molar-refractivity contribution < 1.29 is 0 Å². The van der Waals surface area contributed by atoms with E-state index in [2.05, 4.69) is 74.5 Å². The summed E-state index contributed by atoms with van der Waals surface area (Å²) in [6, 6.07) is 21.8. The topological polar surface area (TPSA) is 0 Å². The molecule has 3 aromatic rings. The molecule has 0 aliphatic rings. The molecule has 0 spiro atoms. The third-order valence-corrected chi connectivity index (χ3v) is 4.07. The average Bonchev–Trinajstić information content (AvgIpc) is 2.53.